The average molecular weight is 285 g/mol. The van der Waals surface area contributed by atoms with Gasteiger partial charge in [0.25, 0.3) is 0 Å². The number of rotatable bonds is 3. The molecule has 2 aromatic rings. The minimum Gasteiger partial charge on any atom is -0.490 e. The lowest BCUT2D eigenvalue weighted by molar-refractivity contribution is 0.297. The van der Waals surface area contributed by atoms with E-state index in [4.69, 9.17) is 9.47 Å². The van der Waals surface area contributed by atoms with Gasteiger partial charge in [0.2, 0.25) is 0 Å². The van der Waals surface area contributed by atoms with E-state index >= 15 is 0 Å². The third-order valence-electron chi connectivity index (χ3n) is 3.45. The number of hydrogen-bond donors (Lipinski definition) is 1. The van der Waals surface area contributed by atoms with Gasteiger partial charge in [-0.1, -0.05) is 6.07 Å². The summed E-state index contributed by atoms with van der Waals surface area (Å²) in [5.41, 5.74) is 2.11. The highest BCUT2D eigenvalue weighted by Crippen LogP contribution is 2.33. The van der Waals surface area contributed by atoms with E-state index in [1.807, 2.05) is 44.6 Å². The van der Waals surface area contributed by atoms with E-state index in [2.05, 4.69) is 15.3 Å². The first-order chi connectivity index (χ1) is 10.3. The summed E-state index contributed by atoms with van der Waals surface area (Å²) < 4.78 is 11.4. The lowest BCUT2D eigenvalue weighted by Crippen LogP contribution is -2.20. The van der Waals surface area contributed by atoms with Crippen LogP contribution in [0, 0.1) is 6.92 Å². The Morgan fingerprint density at radius 3 is 2.52 bits per heavy atom. The normalized spacial score (nSPS) is 15.3. The van der Waals surface area contributed by atoms with Crippen molar-refractivity contribution in [2.24, 2.45) is 0 Å². The number of nitrogens with one attached hydrogen (secondary N) is 1. The van der Waals surface area contributed by atoms with Crippen molar-refractivity contribution in [2.75, 3.05) is 20.3 Å². The third-order valence-corrected chi connectivity index (χ3v) is 3.45. The molecule has 1 aromatic carbocycles. The number of aromatic nitrogens is 2. The van der Waals surface area contributed by atoms with Gasteiger partial charge in [0.15, 0.2) is 11.5 Å². The lowest BCUT2D eigenvalue weighted by atomic mass is 10.1. The molecule has 1 aromatic heterocycles. The highest BCUT2D eigenvalue weighted by Gasteiger charge is 2.18. The molecule has 0 amide bonds. The van der Waals surface area contributed by atoms with E-state index in [9.17, 15) is 0 Å². The van der Waals surface area contributed by atoms with E-state index in [0.29, 0.717) is 13.2 Å². The van der Waals surface area contributed by atoms with Gasteiger partial charge in [-0.25, -0.2) is 9.97 Å². The molecule has 0 bridgehead atoms. The van der Waals surface area contributed by atoms with Gasteiger partial charge in [-0.15, -0.1) is 0 Å². The van der Waals surface area contributed by atoms with Gasteiger partial charge >= 0.3 is 0 Å². The molecule has 2 heterocycles. The molecule has 5 nitrogen and oxygen atoms in total. The van der Waals surface area contributed by atoms with Crippen molar-refractivity contribution in [3.8, 4) is 11.5 Å². The van der Waals surface area contributed by atoms with Crippen LogP contribution in [-0.4, -0.2) is 30.2 Å². The lowest BCUT2D eigenvalue weighted by Gasteiger charge is -2.17. The van der Waals surface area contributed by atoms with Crippen LogP contribution >= 0.6 is 0 Å². The Hall–Kier alpha value is -2.14. The zero-order valence-electron chi connectivity index (χ0n) is 12.3. The molecule has 110 valence electrons. The molecule has 0 fully saturated rings. The first-order valence-corrected chi connectivity index (χ1v) is 7.13. The van der Waals surface area contributed by atoms with Crippen molar-refractivity contribution in [3.05, 3.63) is 47.5 Å². The molecule has 0 aliphatic carbocycles. The fourth-order valence-corrected chi connectivity index (χ4v) is 2.36. The smallest absolute Gasteiger partial charge is 0.161 e. The molecule has 0 saturated heterocycles. The molecule has 0 spiro atoms. The van der Waals surface area contributed by atoms with Crippen LogP contribution in [0.4, 0.5) is 0 Å². The molecule has 1 unspecified atom stereocenters. The number of ether oxygens (including phenoxy) is 2. The summed E-state index contributed by atoms with van der Waals surface area (Å²) >= 11 is 0. The van der Waals surface area contributed by atoms with Crippen LogP contribution in [-0.2, 0) is 0 Å². The second-order valence-electron chi connectivity index (χ2n) is 5.10. The van der Waals surface area contributed by atoms with Gasteiger partial charge in [0.05, 0.1) is 19.3 Å². The molecule has 1 aliphatic heterocycles. The highest BCUT2D eigenvalue weighted by atomic mass is 16.5. The maximum atomic E-state index is 5.75. The fourth-order valence-electron chi connectivity index (χ4n) is 2.36. The van der Waals surface area contributed by atoms with Crippen LogP contribution in [0.5, 0.6) is 11.5 Å². The standard InChI is InChI=1S/C16H19N3O2/c1-11-9-18-16(19-10-11)15(17-2)12-4-5-13-14(8-12)21-7-3-6-20-13/h4-5,8-10,15,17H,3,6-7H2,1-2H3. The Labute approximate surface area is 124 Å². The summed E-state index contributed by atoms with van der Waals surface area (Å²) in [5.74, 6) is 2.34. The first kappa shape index (κ1) is 13.8. The number of benzene rings is 1. The average Bonchev–Trinajstić information content (AvgIpc) is 2.75. The van der Waals surface area contributed by atoms with Crippen LogP contribution in [0.15, 0.2) is 30.6 Å². The zero-order chi connectivity index (χ0) is 14.7. The van der Waals surface area contributed by atoms with Gasteiger partial charge in [-0.3, -0.25) is 0 Å². The maximum absolute atomic E-state index is 5.75. The summed E-state index contributed by atoms with van der Waals surface area (Å²) in [5, 5.41) is 3.26. The van der Waals surface area contributed by atoms with Gasteiger partial charge in [0, 0.05) is 18.8 Å². The van der Waals surface area contributed by atoms with Crippen molar-refractivity contribution in [1.82, 2.24) is 15.3 Å². The van der Waals surface area contributed by atoms with Crippen LogP contribution in [0.3, 0.4) is 0 Å². The van der Waals surface area contributed by atoms with Crippen molar-refractivity contribution in [3.63, 3.8) is 0 Å². The SMILES string of the molecule is CNC(c1ccc2c(c1)OCCCO2)c1ncc(C)cn1. The van der Waals surface area contributed by atoms with Crippen molar-refractivity contribution in [1.29, 1.82) is 0 Å². The second-order valence-corrected chi connectivity index (χ2v) is 5.10. The van der Waals surface area contributed by atoms with E-state index in [0.717, 1.165) is 34.9 Å². The molecule has 0 radical (unpaired) electrons. The molecule has 21 heavy (non-hydrogen) atoms. The summed E-state index contributed by atoms with van der Waals surface area (Å²) in [6, 6.07) is 5.92. The second kappa shape index (κ2) is 6.10. The van der Waals surface area contributed by atoms with Gasteiger partial charge in [0.1, 0.15) is 5.82 Å². The van der Waals surface area contributed by atoms with Crippen LogP contribution in [0.25, 0.3) is 0 Å². The number of aryl methyl sites for hydroxylation is 1. The predicted molar refractivity (Wildman–Crippen MR) is 79.7 cm³/mol. The monoisotopic (exact) mass is 285 g/mol. The Morgan fingerprint density at radius 2 is 1.81 bits per heavy atom. The van der Waals surface area contributed by atoms with Crippen molar-refractivity contribution < 1.29 is 9.47 Å². The molecule has 0 saturated carbocycles. The first-order valence-electron chi connectivity index (χ1n) is 7.13. The quantitative estimate of drug-likeness (QED) is 0.937. The molecule has 1 N–H and O–H groups in total. The van der Waals surface area contributed by atoms with E-state index in [-0.39, 0.29) is 6.04 Å². The van der Waals surface area contributed by atoms with Crippen molar-refractivity contribution in [2.45, 2.75) is 19.4 Å². The summed E-state index contributed by atoms with van der Waals surface area (Å²) in [7, 11) is 1.90. The molecular formula is C16H19N3O2. The molecule has 3 rings (SSSR count). The van der Waals surface area contributed by atoms with E-state index < -0.39 is 0 Å². The van der Waals surface area contributed by atoms with E-state index in [1.165, 1.54) is 0 Å². The van der Waals surface area contributed by atoms with Gasteiger partial charge < -0.3 is 14.8 Å². The topological polar surface area (TPSA) is 56.3 Å². The largest absolute Gasteiger partial charge is 0.490 e. The molecule has 1 atom stereocenters. The number of hydrogen-bond acceptors (Lipinski definition) is 5. The van der Waals surface area contributed by atoms with Gasteiger partial charge in [-0.2, -0.15) is 0 Å². The number of fused-ring (bicyclic) bond motifs is 1. The Morgan fingerprint density at radius 1 is 1.10 bits per heavy atom. The van der Waals surface area contributed by atoms with Gasteiger partial charge in [-0.05, 0) is 37.2 Å². The number of nitrogens with zero attached hydrogens (tertiary/aromatic N) is 2. The Bertz CT molecular complexity index is 613. The minimum absolute atomic E-state index is 0.0669. The maximum Gasteiger partial charge on any atom is 0.161 e. The molecule has 5 heteroatoms. The van der Waals surface area contributed by atoms with Crippen LogP contribution < -0.4 is 14.8 Å². The minimum atomic E-state index is -0.0669. The highest BCUT2D eigenvalue weighted by molar-refractivity contribution is 5.45. The molecular weight excluding hydrogens is 266 g/mol. The van der Waals surface area contributed by atoms with Crippen molar-refractivity contribution >= 4 is 0 Å². The Balaban J connectivity index is 1.93. The zero-order valence-corrected chi connectivity index (χ0v) is 12.3. The summed E-state index contributed by atoms with van der Waals surface area (Å²) in [6.07, 6.45) is 4.56. The molecule has 1 aliphatic rings. The van der Waals surface area contributed by atoms with E-state index in [1.54, 1.807) is 0 Å². The third kappa shape index (κ3) is 2.97. The van der Waals surface area contributed by atoms with Crippen LogP contribution in [0.2, 0.25) is 0 Å². The summed E-state index contributed by atoms with van der Waals surface area (Å²) in [6.45, 7) is 3.36. The predicted octanol–water partition coefficient (Wildman–Crippen LogP) is 2.26. The Kier molecular flexibility index (Phi) is 4.01. The summed E-state index contributed by atoms with van der Waals surface area (Å²) in [4.78, 5) is 8.82. The fraction of sp³-hybridized carbons (Fsp3) is 0.375. The van der Waals surface area contributed by atoms with Crippen LogP contribution in [0.1, 0.15) is 29.4 Å².